The Labute approximate surface area is 178 Å². The number of aryl methyl sites for hydroxylation is 3. The average molecular weight is 420 g/mol. The van der Waals surface area contributed by atoms with E-state index in [1.54, 1.807) is 14.2 Å². The first-order valence-electron chi connectivity index (χ1n) is 9.69. The lowest BCUT2D eigenvalue weighted by Crippen LogP contribution is -2.33. The van der Waals surface area contributed by atoms with Gasteiger partial charge in [0.1, 0.15) is 11.3 Å². The number of carbonyl (C=O) groups excluding carboxylic acids is 1. The van der Waals surface area contributed by atoms with Gasteiger partial charge >= 0.3 is 0 Å². The molecule has 2 atom stereocenters. The molecule has 0 radical (unpaired) electrons. The lowest BCUT2D eigenvalue weighted by Gasteiger charge is -2.26. The van der Waals surface area contributed by atoms with Crippen LogP contribution in [0.25, 0.3) is 0 Å². The maximum atomic E-state index is 12.8. The van der Waals surface area contributed by atoms with Crippen molar-refractivity contribution in [2.24, 2.45) is 0 Å². The number of hydrogen-bond acceptors (Lipinski definition) is 5. The van der Waals surface area contributed by atoms with E-state index in [1.165, 1.54) is 0 Å². The largest absolute Gasteiger partial charge is 0.438 e. The number of hydrogen-bond donors (Lipinski definition) is 2. The standard InChI is InChI=1S/C22H30ClN3O3/c1-8-17(15(5)28-7)26-18-11-14(4)25-22(19(18)21(27)24-6)29-20-12(2)9-16(23)10-13(20)3/h9-11,15,17H,8H2,1-7H3,(H,24,27)(H,25,26)/t15-,17+/m1/s1. The van der Waals surface area contributed by atoms with Gasteiger partial charge in [-0.15, -0.1) is 0 Å². The predicted octanol–water partition coefficient (Wildman–Crippen LogP) is 5.04. The summed E-state index contributed by atoms with van der Waals surface area (Å²) in [5.74, 6) is 0.611. The highest BCUT2D eigenvalue weighted by molar-refractivity contribution is 6.30. The van der Waals surface area contributed by atoms with Crippen LogP contribution in [0.5, 0.6) is 11.6 Å². The molecular weight excluding hydrogens is 390 g/mol. The van der Waals surface area contributed by atoms with Gasteiger partial charge in [0.05, 0.1) is 17.8 Å². The Kier molecular flexibility index (Phi) is 7.88. The number of nitrogens with zero attached hydrogens (tertiary/aromatic N) is 1. The molecule has 2 aromatic rings. The summed E-state index contributed by atoms with van der Waals surface area (Å²) >= 11 is 6.14. The van der Waals surface area contributed by atoms with Gasteiger partial charge in [0.15, 0.2) is 0 Å². The van der Waals surface area contributed by atoms with Gasteiger partial charge in [-0.3, -0.25) is 4.79 Å². The van der Waals surface area contributed by atoms with Crippen LogP contribution in [0.4, 0.5) is 5.69 Å². The first-order valence-corrected chi connectivity index (χ1v) is 10.1. The molecular formula is C22H30ClN3O3. The Morgan fingerprint density at radius 3 is 2.34 bits per heavy atom. The number of carbonyl (C=O) groups is 1. The van der Waals surface area contributed by atoms with E-state index >= 15 is 0 Å². The normalized spacial score (nSPS) is 13.0. The molecule has 0 aliphatic rings. The third-order valence-electron chi connectivity index (χ3n) is 4.91. The summed E-state index contributed by atoms with van der Waals surface area (Å²) in [5, 5.41) is 6.77. The highest BCUT2D eigenvalue weighted by atomic mass is 35.5. The van der Waals surface area contributed by atoms with E-state index in [2.05, 4.69) is 22.5 Å². The van der Waals surface area contributed by atoms with Crippen molar-refractivity contribution in [3.8, 4) is 11.6 Å². The molecule has 1 amide bonds. The number of halogens is 1. The molecule has 7 heteroatoms. The van der Waals surface area contributed by atoms with Crippen molar-refractivity contribution in [1.82, 2.24) is 10.3 Å². The zero-order valence-corrected chi connectivity index (χ0v) is 18.9. The number of aromatic nitrogens is 1. The second-order valence-electron chi connectivity index (χ2n) is 7.14. The summed E-state index contributed by atoms with van der Waals surface area (Å²) in [6.45, 7) is 9.76. The first-order chi connectivity index (χ1) is 13.7. The molecule has 0 saturated heterocycles. The number of anilines is 1. The van der Waals surface area contributed by atoms with E-state index in [1.807, 2.05) is 45.9 Å². The minimum atomic E-state index is -0.279. The molecule has 1 aromatic heterocycles. The van der Waals surface area contributed by atoms with Crippen molar-refractivity contribution in [2.45, 2.75) is 53.2 Å². The molecule has 0 aliphatic carbocycles. The molecule has 158 valence electrons. The molecule has 2 rings (SSSR count). The second kappa shape index (κ2) is 9.94. The third-order valence-corrected chi connectivity index (χ3v) is 5.13. The minimum Gasteiger partial charge on any atom is -0.438 e. The zero-order chi connectivity index (χ0) is 21.7. The van der Waals surface area contributed by atoms with Crippen LogP contribution >= 0.6 is 11.6 Å². The monoisotopic (exact) mass is 419 g/mol. The van der Waals surface area contributed by atoms with Gasteiger partial charge in [-0.25, -0.2) is 4.98 Å². The van der Waals surface area contributed by atoms with Gasteiger partial charge in [0.2, 0.25) is 5.88 Å². The summed E-state index contributed by atoms with van der Waals surface area (Å²) in [6.07, 6.45) is 0.797. The summed E-state index contributed by atoms with van der Waals surface area (Å²) in [5.41, 5.74) is 3.49. The lowest BCUT2D eigenvalue weighted by atomic mass is 10.1. The minimum absolute atomic E-state index is 0.0251. The number of benzene rings is 1. The molecule has 0 fully saturated rings. The summed E-state index contributed by atoms with van der Waals surface area (Å²) in [6, 6.07) is 5.53. The van der Waals surface area contributed by atoms with Crippen LogP contribution in [0.1, 0.15) is 47.4 Å². The van der Waals surface area contributed by atoms with Crippen molar-refractivity contribution in [1.29, 1.82) is 0 Å². The van der Waals surface area contributed by atoms with Crippen molar-refractivity contribution < 1.29 is 14.3 Å². The molecule has 29 heavy (non-hydrogen) atoms. The van der Waals surface area contributed by atoms with Crippen LogP contribution in [0.3, 0.4) is 0 Å². The van der Waals surface area contributed by atoms with Crippen molar-refractivity contribution in [2.75, 3.05) is 19.5 Å². The SMILES string of the molecule is CC[C@H](Nc1cc(C)nc(Oc2c(C)cc(Cl)cc2C)c1C(=O)NC)[C@@H](C)OC. The Morgan fingerprint density at radius 2 is 1.83 bits per heavy atom. The highest BCUT2D eigenvalue weighted by Crippen LogP contribution is 2.35. The fourth-order valence-electron chi connectivity index (χ4n) is 3.25. The van der Waals surface area contributed by atoms with E-state index in [4.69, 9.17) is 21.1 Å². The van der Waals surface area contributed by atoms with E-state index in [-0.39, 0.29) is 23.9 Å². The summed E-state index contributed by atoms with van der Waals surface area (Å²) < 4.78 is 11.6. The van der Waals surface area contributed by atoms with Crippen LogP contribution < -0.4 is 15.4 Å². The van der Waals surface area contributed by atoms with E-state index in [9.17, 15) is 4.79 Å². The summed E-state index contributed by atoms with van der Waals surface area (Å²) in [7, 11) is 3.26. The Morgan fingerprint density at radius 1 is 1.21 bits per heavy atom. The number of methoxy groups -OCH3 is 1. The first kappa shape index (κ1) is 23.0. The smallest absolute Gasteiger partial charge is 0.258 e. The van der Waals surface area contributed by atoms with Crippen molar-refractivity contribution >= 4 is 23.2 Å². The van der Waals surface area contributed by atoms with Gasteiger partial charge < -0.3 is 20.1 Å². The topological polar surface area (TPSA) is 72.5 Å². The maximum Gasteiger partial charge on any atom is 0.258 e. The average Bonchev–Trinajstić information content (AvgIpc) is 2.67. The molecule has 1 heterocycles. The number of nitrogens with one attached hydrogen (secondary N) is 2. The van der Waals surface area contributed by atoms with Gasteiger partial charge in [0.25, 0.3) is 5.91 Å². The fourth-order valence-corrected chi connectivity index (χ4v) is 3.57. The molecule has 2 N–H and O–H groups in total. The Hall–Kier alpha value is -2.31. The summed E-state index contributed by atoms with van der Waals surface area (Å²) in [4.78, 5) is 17.3. The molecule has 0 spiro atoms. The van der Waals surface area contributed by atoms with Gasteiger partial charge in [0, 0.05) is 24.9 Å². The molecule has 1 aromatic carbocycles. The highest BCUT2D eigenvalue weighted by Gasteiger charge is 2.24. The number of rotatable bonds is 8. The van der Waals surface area contributed by atoms with Gasteiger partial charge in [-0.2, -0.15) is 0 Å². The molecule has 6 nitrogen and oxygen atoms in total. The van der Waals surface area contributed by atoms with E-state index in [0.29, 0.717) is 22.0 Å². The number of pyridine rings is 1. The van der Waals surface area contributed by atoms with E-state index < -0.39 is 0 Å². The fraction of sp³-hybridized carbons (Fsp3) is 0.455. The Bertz CT molecular complexity index is 863. The van der Waals surface area contributed by atoms with Crippen molar-refractivity contribution in [3.05, 3.63) is 45.6 Å². The van der Waals surface area contributed by atoms with E-state index in [0.717, 1.165) is 23.2 Å². The molecule has 0 unspecified atom stereocenters. The second-order valence-corrected chi connectivity index (χ2v) is 7.58. The lowest BCUT2D eigenvalue weighted by molar-refractivity contribution is 0.0955. The molecule has 0 saturated carbocycles. The predicted molar refractivity (Wildman–Crippen MR) is 118 cm³/mol. The van der Waals surface area contributed by atoms with Crippen LogP contribution in [0, 0.1) is 20.8 Å². The van der Waals surface area contributed by atoms with Crippen LogP contribution in [0.15, 0.2) is 18.2 Å². The van der Waals surface area contributed by atoms with Crippen LogP contribution in [-0.2, 0) is 4.74 Å². The molecule has 0 aliphatic heterocycles. The quantitative estimate of drug-likeness (QED) is 0.627. The zero-order valence-electron chi connectivity index (χ0n) is 18.1. The third kappa shape index (κ3) is 5.40. The van der Waals surface area contributed by atoms with Gasteiger partial charge in [-0.05, 0) is 63.4 Å². The maximum absolute atomic E-state index is 12.8. The van der Waals surface area contributed by atoms with Crippen LogP contribution in [-0.4, -0.2) is 37.2 Å². The molecule has 0 bridgehead atoms. The van der Waals surface area contributed by atoms with Gasteiger partial charge in [-0.1, -0.05) is 18.5 Å². The van der Waals surface area contributed by atoms with Crippen LogP contribution in [0.2, 0.25) is 5.02 Å². The Balaban J connectivity index is 2.58. The number of ether oxygens (including phenoxy) is 2. The number of amides is 1. The van der Waals surface area contributed by atoms with Crippen molar-refractivity contribution in [3.63, 3.8) is 0 Å².